The molecular weight excluding hydrogens is 130 g/mol. The lowest BCUT2D eigenvalue weighted by atomic mass is 10.4. The highest BCUT2D eigenvalue weighted by atomic mass is 16.1. The lowest BCUT2D eigenvalue weighted by Crippen LogP contribution is -2.10. The molecule has 0 fully saturated rings. The van der Waals surface area contributed by atoms with Crippen LogP contribution in [0, 0.1) is 0 Å². The quantitative estimate of drug-likeness (QED) is 0.577. The van der Waals surface area contributed by atoms with Gasteiger partial charge < -0.3 is 5.32 Å². The van der Waals surface area contributed by atoms with Crippen molar-refractivity contribution in [1.29, 1.82) is 0 Å². The molecule has 1 amide bonds. The van der Waals surface area contributed by atoms with Crippen LogP contribution in [0.25, 0.3) is 0 Å². The first kappa shape index (κ1) is 6.67. The second kappa shape index (κ2) is 3.55. The fraction of sp³-hybridized carbons (Fsp3) is 0.167. The van der Waals surface area contributed by atoms with Crippen LogP contribution >= 0.6 is 0 Å². The Morgan fingerprint density at radius 3 is 3.20 bits per heavy atom. The minimum atomic E-state index is 0.386. The summed E-state index contributed by atoms with van der Waals surface area (Å²) in [6.07, 6.45) is 3.13. The normalized spacial score (nSPS) is 8.80. The van der Waals surface area contributed by atoms with Crippen molar-refractivity contribution < 1.29 is 4.79 Å². The van der Waals surface area contributed by atoms with E-state index in [9.17, 15) is 4.79 Å². The van der Waals surface area contributed by atoms with Gasteiger partial charge in [-0.1, -0.05) is 0 Å². The molecule has 4 nitrogen and oxygen atoms in total. The summed E-state index contributed by atoms with van der Waals surface area (Å²) in [5, 5.41) is 9.70. The van der Waals surface area contributed by atoms with Gasteiger partial charge >= 0.3 is 6.41 Å². The number of nitrogens with one attached hydrogen (secondary N) is 1. The van der Waals surface area contributed by atoms with Crippen LogP contribution < -0.4 is 5.32 Å². The number of amides is 1. The molecule has 10 heavy (non-hydrogen) atoms. The first-order chi connectivity index (χ1) is 4.93. The SMILES string of the molecule is O=[C]NCc1cccnn1. The second-order valence-corrected chi connectivity index (χ2v) is 1.67. The number of hydrogen-bond donors (Lipinski definition) is 1. The standard InChI is InChI=1S/C6H6N3O/c10-5-7-4-6-2-1-3-8-9-6/h1-3H,4H2,(H,7,10). The van der Waals surface area contributed by atoms with Crippen LogP contribution in [0.15, 0.2) is 18.3 Å². The summed E-state index contributed by atoms with van der Waals surface area (Å²) >= 11 is 0. The van der Waals surface area contributed by atoms with Gasteiger partial charge in [0.25, 0.3) is 0 Å². The molecule has 4 heteroatoms. The molecule has 1 rings (SSSR count). The number of hydrogen-bond acceptors (Lipinski definition) is 3. The van der Waals surface area contributed by atoms with Gasteiger partial charge in [0.1, 0.15) is 0 Å². The van der Waals surface area contributed by atoms with Crippen molar-refractivity contribution in [3.63, 3.8) is 0 Å². The summed E-state index contributed by atoms with van der Waals surface area (Å²) in [4.78, 5) is 9.69. The molecule has 1 heterocycles. The molecule has 1 radical (unpaired) electrons. The molecule has 0 aliphatic carbocycles. The van der Waals surface area contributed by atoms with E-state index < -0.39 is 0 Å². The Balaban J connectivity index is 2.50. The van der Waals surface area contributed by atoms with Gasteiger partial charge in [-0.2, -0.15) is 10.2 Å². The van der Waals surface area contributed by atoms with Gasteiger partial charge in [0.2, 0.25) is 0 Å². The Kier molecular flexibility index (Phi) is 2.37. The monoisotopic (exact) mass is 136 g/mol. The summed E-state index contributed by atoms with van der Waals surface area (Å²) in [7, 11) is 0. The largest absolute Gasteiger partial charge is 0.342 e. The van der Waals surface area contributed by atoms with E-state index in [1.165, 1.54) is 0 Å². The molecule has 0 spiro atoms. The van der Waals surface area contributed by atoms with Gasteiger partial charge in [0.15, 0.2) is 0 Å². The van der Waals surface area contributed by atoms with Crippen molar-refractivity contribution in [3.8, 4) is 0 Å². The molecular formula is C6H6N3O. The minimum Gasteiger partial charge on any atom is -0.342 e. The summed E-state index contributed by atoms with van der Waals surface area (Å²) in [5.74, 6) is 0. The Labute approximate surface area is 58.3 Å². The molecule has 0 saturated carbocycles. The summed E-state index contributed by atoms with van der Waals surface area (Å²) in [5.41, 5.74) is 0.728. The van der Waals surface area contributed by atoms with Crippen LogP contribution in [-0.2, 0) is 11.3 Å². The highest BCUT2D eigenvalue weighted by molar-refractivity contribution is 5.46. The van der Waals surface area contributed by atoms with E-state index in [1.54, 1.807) is 24.7 Å². The molecule has 0 aromatic carbocycles. The highest BCUT2D eigenvalue weighted by Gasteiger charge is 1.89. The van der Waals surface area contributed by atoms with Crippen molar-refractivity contribution in [2.24, 2.45) is 0 Å². The fourth-order valence-corrected chi connectivity index (χ4v) is 0.554. The van der Waals surface area contributed by atoms with Gasteiger partial charge in [-0.15, -0.1) is 0 Å². The van der Waals surface area contributed by atoms with E-state index in [4.69, 9.17) is 0 Å². The molecule has 0 aliphatic heterocycles. The lowest BCUT2D eigenvalue weighted by Gasteiger charge is -1.93. The second-order valence-electron chi connectivity index (χ2n) is 1.67. The maximum absolute atomic E-state index is 9.69. The predicted octanol–water partition coefficient (Wildman–Crippen LogP) is -0.367. The molecule has 0 atom stereocenters. The van der Waals surface area contributed by atoms with Crippen LogP contribution in [0.4, 0.5) is 0 Å². The van der Waals surface area contributed by atoms with E-state index in [0.29, 0.717) is 6.54 Å². The molecule has 1 aromatic rings. The van der Waals surface area contributed by atoms with Crippen molar-refractivity contribution in [1.82, 2.24) is 15.5 Å². The van der Waals surface area contributed by atoms with E-state index >= 15 is 0 Å². The third-order valence-electron chi connectivity index (χ3n) is 0.969. The maximum Gasteiger partial charge on any atom is 0.309 e. The van der Waals surface area contributed by atoms with Crippen LogP contribution in [0.5, 0.6) is 0 Å². The molecule has 0 aliphatic rings. The number of rotatable bonds is 3. The van der Waals surface area contributed by atoms with Gasteiger partial charge in [0, 0.05) is 6.20 Å². The van der Waals surface area contributed by atoms with Gasteiger partial charge in [-0.3, -0.25) is 4.79 Å². The smallest absolute Gasteiger partial charge is 0.309 e. The van der Waals surface area contributed by atoms with E-state index in [0.717, 1.165) is 5.69 Å². The molecule has 51 valence electrons. The zero-order valence-electron chi connectivity index (χ0n) is 5.24. The van der Waals surface area contributed by atoms with Crippen LogP contribution in [0.3, 0.4) is 0 Å². The Morgan fingerprint density at radius 1 is 1.70 bits per heavy atom. The van der Waals surface area contributed by atoms with Gasteiger partial charge in [-0.05, 0) is 12.1 Å². The van der Waals surface area contributed by atoms with Crippen LogP contribution in [0.1, 0.15) is 5.69 Å². The molecule has 0 unspecified atom stereocenters. The number of nitrogens with zero attached hydrogens (tertiary/aromatic N) is 2. The zero-order valence-corrected chi connectivity index (χ0v) is 5.24. The summed E-state index contributed by atoms with van der Waals surface area (Å²) < 4.78 is 0. The van der Waals surface area contributed by atoms with Crippen molar-refractivity contribution >= 4 is 6.41 Å². The maximum atomic E-state index is 9.69. The lowest BCUT2D eigenvalue weighted by molar-refractivity contribution is 0.541. The van der Waals surface area contributed by atoms with Crippen molar-refractivity contribution in [3.05, 3.63) is 24.0 Å². The van der Waals surface area contributed by atoms with Crippen LogP contribution in [-0.4, -0.2) is 16.6 Å². The third kappa shape index (κ3) is 1.81. The first-order valence-corrected chi connectivity index (χ1v) is 2.80. The molecule has 0 saturated heterocycles. The van der Waals surface area contributed by atoms with Crippen molar-refractivity contribution in [2.75, 3.05) is 0 Å². The number of carbonyl (C=O) groups excluding carboxylic acids is 1. The highest BCUT2D eigenvalue weighted by Crippen LogP contribution is 1.87. The average Bonchev–Trinajstić information content (AvgIpc) is 2.03. The van der Waals surface area contributed by atoms with E-state index in [1.807, 2.05) is 0 Å². The Hall–Kier alpha value is -1.45. The van der Waals surface area contributed by atoms with E-state index in [-0.39, 0.29) is 0 Å². The van der Waals surface area contributed by atoms with Crippen LogP contribution in [0.2, 0.25) is 0 Å². The van der Waals surface area contributed by atoms with Gasteiger partial charge in [0.05, 0.1) is 12.2 Å². The summed E-state index contributed by atoms with van der Waals surface area (Å²) in [6, 6.07) is 3.53. The molecule has 1 aromatic heterocycles. The predicted molar refractivity (Wildman–Crippen MR) is 34.6 cm³/mol. The minimum absolute atomic E-state index is 0.386. The molecule has 1 N–H and O–H groups in total. The Morgan fingerprint density at radius 2 is 2.60 bits per heavy atom. The van der Waals surface area contributed by atoms with Crippen molar-refractivity contribution in [2.45, 2.75) is 6.54 Å². The zero-order chi connectivity index (χ0) is 7.23. The fourth-order valence-electron chi connectivity index (χ4n) is 0.554. The Bertz CT molecular complexity index is 199. The molecule has 0 bridgehead atoms. The summed E-state index contributed by atoms with van der Waals surface area (Å²) in [6.45, 7) is 0.386. The average molecular weight is 136 g/mol. The van der Waals surface area contributed by atoms with Gasteiger partial charge in [-0.25, -0.2) is 0 Å². The third-order valence-corrected chi connectivity index (χ3v) is 0.969. The topological polar surface area (TPSA) is 54.9 Å². The number of aromatic nitrogens is 2. The first-order valence-electron chi connectivity index (χ1n) is 2.80. The van der Waals surface area contributed by atoms with E-state index in [2.05, 4.69) is 15.5 Å².